The largest absolute Gasteiger partial charge is 0.377 e. The van der Waals surface area contributed by atoms with Crippen molar-refractivity contribution in [3.05, 3.63) is 16.5 Å². The maximum absolute atomic E-state index is 12.5. The summed E-state index contributed by atoms with van der Waals surface area (Å²) in [6.07, 6.45) is 3.82. The molecule has 2 fully saturated rings. The van der Waals surface area contributed by atoms with Gasteiger partial charge in [0.1, 0.15) is 4.21 Å². The molecule has 1 aromatic rings. The molecule has 3 rings (SSSR count). The second-order valence-corrected chi connectivity index (χ2v) is 9.63. The molecule has 0 aliphatic carbocycles. The van der Waals surface area contributed by atoms with Crippen LogP contribution >= 0.6 is 22.9 Å². The Labute approximate surface area is 140 Å². The third-order valence-electron chi connectivity index (χ3n) is 4.21. The Bertz CT molecular complexity index is 591. The Hall–Kier alpha value is -0.180. The molecule has 2 aliphatic rings. The van der Waals surface area contributed by atoms with E-state index in [1.807, 2.05) is 0 Å². The topological polar surface area (TPSA) is 49.9 Å². The fourth-order valence-electron chi connectivity index (χ4n) is 2.96. The molecule has 0 radical (unpaired) electrons. The predicted molar refractivity (Wildman–Crippen MR) is 88.1 cm³/mol. The Balaban J connectivity index is 1.55. The molecule has 3 heterocycles. The number of hydrogen-bond donors (Lipinski definition) is 0. The summed E-state index contributed by atoms with van der Waals surface area (Å²) in [4.78, 5) is 2.31. The highest BCUT2D eigenvalue weighted by molar-refractivity contribution is 7.91. The lowest BCUT2D eigenvalue weighted by molar-refractivity contribution is -0.0103. The average molecular weight is 365 g/mol. The molecule has 0 N–H and O–H groups in total. The monoisotopic (exact) mass is 364 g/mol. The van der Waals surface area contributed by atoms with Crippen molar-refractivity contribution in [1.29, 1.82) is 0 Å². The van der Waals surface area contributed by atoms with Crippen molar-refractivity contribution >= 4 is 33.0 Å². The SMILES string of the molecule is O=S(=O)(c1ccc(Cl)s1)N1CCN(C[C@H]2CCCCO2)CC1. The molecule has 124 valence electrons. The van der Waals surface area contributed by atoms with Gasteiger partial charge in [0.15, 0.2) is 0 Å². The number of thiophene rings is 1. The van der Waals surface area contributed by atoms with Crippen molar-refractivity contribution in [3.8, 4) is 0 Å². The lowest BCUT2D eigenvalue weighted by atomic mass is 10.1. The van der Waals surface area contributed by atoms with E-state index in [-0.39, 0.29) is 0 Å². The fraction of sp³-hybridized carbons (Fsp3) is 0.714. The molecule has 0 bridgehead atoms. The van der Waals surface area contributed by atoms with E-state index in [1.165, 1.54) is 6.42 Å². The van der Waals surface area contributed by atoms with Crippen molar-refractivity contribution in [2.75, 3.05) is 39.3 Å². The summed E-state index contributed by atoms with van der Waals surface area (Å²) in [5.41, 5.74) is 0. The molecule has 0 unspecified atom stereocenters. The van der Waals surface area contributed by atoms with Crippen LogP contribution in [0.25, 0.3) is 0 Å². The summed E-state index contributed by atoms with van der Waals surface area (Å²) >= 11 is 6.97. The van der Waals surface area contributed by atoms with Crippen molar-refractivity contribution in [2.24, 2.45) is 0 Å². The van der Waals surface area contributed by atoms with Crippen LogP contribution in [0.5, 0.6) is 0 Å². The van der Waals surface area contributed by atoms with Gasteiger partial charge in [0.2, 0.25) is 0 Å². The van der Waals surface area contributed by atoms with E-state index in [2.05, 4.69) is 4.90 Å². The first-order valence-electron chi connectivity index (χ1n) is 7.65. The van der Waals surface area contributed by atoms with Gasteiger partial charge in [-0.1, -0.05) is 11.6 Å². The molecule has 22 heavy (non-hydrogen) atoms. The third-order valence-corrected chi connectivity index (χ3v) is 7.81. The van der Waals surface area contributed by atoms with Gasteiger partial charge in [-0.2, -0.15) is 4.31 Å². The van der Waals surface area contributed by atoms with Crippen LogP contribution in [-0.2, 0) is 14.8 Å². The van der Waals surface area contributed by atoms with Crippen LogP contribution in [0.3, 0.4) is 0 Å². The third kappa shape index (κ3) is 3.83. The molecule has 0 aromatic carbocycles. The first kappa shape index (κ1) is 16.7. The van der Waals surface area contributed by atoms with Crippen LogP contribution in [0.1, 0.15) is 19.3 Å². The zero-order chi connectivity index (χ0) is 15.6. The van der Waals surface area contributed by atoms with Crippen molar-refractivity contribution < 1.29 is 13.2 Å². The first-order valence-corrected chi connectivity index (χ1v) is 10.3. The lowest BCUT2D eigenvalue weighted by Crippen LogP contribution is -2.50. The Morgan fingerprint density at radius 2 is 2.00 bits per heavy atom. The number of piperazine rings is 1. The highest BCUT2D eigenvalue weighted by Crippen LogP contribution is 2.28. The molecular formula is C14H21ClN2O3S2. The summed E-state index contributed by atoms with van der Waals surface area (Å²) in [6.45, 7) is 4.36. The highest BCUT2D eigenvalue weighted by Gasteiger charge is 2.30. The molecule has 0 amide bonds. The van der Waals surface area contributed by atoms with Crippen molar-refractivity contribution in [1.82, 2.24) is 9.21 Å². The van der Waals surface area contributed by atoms with Crippen LogP contribution < -0.4 is 0 Å². The molecular weight excluding hydrogens is 344 g/mol. The molecule has 8 heteroatoms. The summed E-state index contributed by atoms with van der Waals surface area (Å²) < 4.78 is 33.2. The van der Waals surface area contributed by atoms with Gasteiger partial charge in [-0.15, -0.1) is 11.3 Å². The Morgan fingerprint density at radius 3 is 2.59 bits per heavy atom. The van der Waals surface area contributed by atoms with E-state index in [0.29, 0.717) is 27.7 Å². The molecule has 2 saturated heterocycles. The second kappa shape index (κ2) is 7.15. The maximum Gasteiger partial charge on any atom is 0.252 e. The van der Waals surface area contributed by atoms with Crippen molar-refractivity contribution in [2.45, 2.75) is 29.6 Å². The van der Waals surface area contributed by atoms with Gasteiger partial charge in [-0.05, 0) is 31.4 Å². The van der Waals surface area contributed by atoms with E-state index in [9.17, 15) is 8.42 Å². The predicted octanol–water partition coefficient (Wildman–Crippen LogP) is 2.28. The minimum Gasteiger partial charge on any atom is -0.377 e. The standard InChI is InChI=1S/C14H21ClN2O3S2/c15-13-4-5-14(21-13)22(18,19)17-8-6-16(7-9-17)11-12-3-1-2-10-20-12/h4-5,12H,1-3,6-11H2/t12-/m1/s1. The number of ether oxygens (including phenoxy) is 1. The minimum atomic E-state index is -3.39. The summed E-state index contributed by atoms with van der Waals surface area (Å²) in [6, 6.07) is 3.22. The minimum absolute atomic E-state index is 0.313. The number of sulfonamides is 1. The number of halogens is 1. The maximum atomic E-state index is 12.5. The van der Waals surface area contributed by atoms with Crippen LogP contribution in [0.2, 0.25) is 4.34 Å². The Kier molecular flexibility index (Phi) is 5.42. The number of hydrogen-bond acceptors (Lipinski definition) is 5. The van der Waals surface area contributed by atoms with Crippen LogP contribution in [0.15, 0.2) is 16.3 Å². The van der Waals surface area contributed by atoms with E-state index in [1.54, 1.807) is 16.4 Å². The van der Waals surface area contributed by atoms with Gasteiger partial charge < -0.3 is 4.74 Å². The molecule has 5 nitrogen and oxygen atoms in total. The van der Waals surface area contributed by atoms with E-state index in [4.69, 9.17) is 16.3 Å². The lowest BCUT2D eigenvalue weighted by Gasteiger charge is -2.36. The van der Waals surface area contributed by atoms with Gasteiger partial charge in [0.05, 0.1) is 10.4 Å². The van der Waals surface area contributed by atoms with Gasteiger partial charge in [0.25, 0.3) is 10.0 Å². The molecule has 0 saturated carbocycles. The number of rotatable bonds is 4. The zero-order valence-electron chi connectivity index (χ0n) is 12.4. The Morgan fingerprint density at radius 1 is 1.23 bits per heavy atom. The summed E-state index contributed by atoms with van der Waals surface area (Å²) in [5.74, 6) is 0. The van der Waals surface area contributed by atoms with Crippen LogP contribution in [-0.4, -0.2) is 63.1 Å². The van der Waals surface area contributed by atoms with Crippen LogP contribution in [0.4, 0.5) is 0 Å². The van der Waals surface area contributed by atoms with Gasteiger partial charge in [-0.3, -0.25) is 4.90 Å². The van der Waals surface area contributed by atoms with Crippen molar-refractivity contribution in [3.63, 3.8) is 0 Å². The molecule has 0 spiro atoms. The highest BCUT2D eigenvalue weighted by atomic mass is 35.5. The van der Waals surface area contributed by atoms with Gasteiger partial charge >= 0.3 is 0 Å². The fourth-order valence-corrected chi connectivity index (χ4v) is 6.01. The molecule has 1 aromatic heterocycles. The van der Waals surface area contributed by atoms with E-state index >= 15 is 0 Å². The quantitative estimate of drug-likeness (QED) is 0.822. The van der Waals surface area contributed by atoms with Gasteiger partial charge in [-0.25, -0.2) is 8.42 Å². The first-order chi connectivity index (χ1) is 10.6. The smallest absolute Gasteiger partial charge is 0.252 e. The van der Waals surface area contributed by atoms with Gasteiger partial charge in [0, 0.05) is 39.3 Å². The second-order valence-electron chi connectivity index (χ2n) is 5.75. The van der Waals surface area contributed by atoms with E-state index in [0.717, 1.165) is 50.4 Å². The molecule has 1 atom stereocenters. The average Bonchev–Trinajstić information content (AvgIpc) is 2.96. The number of nitrogens with zero attached hydrogens (tertiary/aromatic N) is 2. The van der Waals surface area contributed by atoms with E-state index < -0.39 is 10.0 Å². The molecule has 2 aliphatic heterocycles. The summed E-state index contributed by atoms with van der Waals surface area (Å²) in [5, 5.41) is 0. The zero-order valence-corrected chi connectivity index (χ0v) is 14.8. The van der Waals surface area contributed by atoms with Crippen LogP contribution in [0, 0.1) is 0 Å². The normalized spacial score (nSPS) is 25.4. The summed E-state index contributed by atoms with van der Waals surface area (Å²) in [7, 11) is -3.39.